The van der Waals surface area contributed by atoms with Crippen molar-refractivity contribution < 1.29 is 34.4 Å². The number of rotatable bonds is 5. The lowest BCUT2D eigenvalue weighted by atomic mass is 9.50. The number of likely N-dealkylation sites (tertiary alicyclic amines) is 1. The van der Waals surface area contributed by atoms with Gasteiger partial charge in [-0.05, 0) is 45.0 Å². The molecule has 5 atom stereocenters. The van der Waals surface area contributed by atoms with Gasteiger partial charge in [0.15, 0.2) is 11.9 Å². The van der Waals surface area contributed by atoms with Gasteiger partial charge in [0, 0.05) is 23.6 Å². The van der Waals surface area contributed by atoms with Crippen molar-refractivity contribution >= 4 is 11.8 Å². The van der Waals surface area contributed by atoms with Crippen LogP contribution in [0.2, 0.25) is 0 Å². The molecule has 8 heteroatoms. The first kappa shape index (κ1) is 20.6. The Bertz CT molecular complexity index is 1000. The van der Waals surface area contributed by atoms with Gasteiger partial charge in [-0.25, -0.2) is 0 Å². The van der Waals surface area contributed by atoms with Crippen molar-refractivity contribution in [2.75, 3.05) is 13.6 Å². The number of Topliss-reactive ketones (excluding diaryl/α,β-unsaturated/α-hetero) is 1. The zero-order chi connectivity index (χ0) is 22.1. The van der Waals surface area contributed by atoms with Crippen LogP contribution < -0.4 is 4.74 Å². The molecule has 0 aromatic heterocycles. The van der Waals surface area contributed by atoms with E-state index in [0.29, 0.717) is 36.3 Å². The zero-order valence-electron chi connectivity index (χ0n) is 17.6. The van der Waals surface area contributed by atoms with Crippen LogP contribution in [0, 0.1) is 0 Å². The van der Waals surface area contributed by atoms with Crippen LogP contribution in [0.3, 0.4) is 0 Å². The highest BCUT2D eigenvalue weighted by Gasteiger charge is 2.71. The lowest BCUT2D eigenvalue weighted by molar-refractivity contribution is -0.170. The van der Waals surface area contributed by atoms with E-state index < -0.39 is 41.4 Å². The Hall–Kier alpha value is -2.26. The normalized spacial score (nSPS) is 33.8. The monoisotopic (exact) mass is 429 g/mol. The highest BCUT2D eigenvalue weighted by molar-refractivity contribution is 5.85. The van der Waals surface area contributed by atoms with E-state index in [2.05, 4.69) is 4.90 Å². The summed E-state index contributed by atoms with van der Waals surface area (Å²) >= 11 is 0. The fourth-order valence-corrected chi connectivity index (χ4v) is 6.11. The van der Waals surface area contributed by atoms with E-state index >= 15 is 0 Å². The maximum Gasteiger partial charge on any atom is 0.314 e. The van der Waals surface area contributed by atoms with Crippen molar-refractivity contribution in [1.29, 1.82) is 0 Å². The largest absolute Gasteiger partial charge is 0.481 e. The van der Waals surface area contributed by atoms with Gasteiger partial charge in [0.25, 0.3) is 0 Å². The number of likely N-dealkylation sites (N-methyl/N-ethyl adjacent to an activating group) is 1. The number of ketones is 1. The number of piperidine rings is 1. The molecule has 4 aliphatic rings. The van der Waals surface area contributed by atoms with E-state index in [-0.39, 0.29) is 12.6 Å². The van der Waals surface area contributed by atoms with Crippen LogP contribution in [0.5, 0.6) is 5.75 Å². The average Bonchev–Trinajstić information content (AvgIpc) is 3.08. The van der Waals surface area contributed by atoms with E-state index in [1.807, 2.05) is 19.2 Å². The molecular formula is C23H27NO7. The number of hydrogen-bond donors (Lipinski definition) is 3. The van der Waals surface area contributed by atoms with Crippen LogP contribution in [0.4, 0.5) is 0 Å². The first-order valence-corrected chi connectivity index (χ1v) is 10.7. The minimum Gasteiger partial charge on any atom is -0.481 e. The fourth-order valence-electron chi connectivity index (χ4n) is 6.11. The van der Waals surface area contributed by atoms with Crippen molar-refractivity contribution in [1.82, 2.24) is 4.90 Å². The minimum atomic E-state index is -1.41. The number of nitrogens with zero attached hydrogens (tertiary/aromatic N) is 1. The first-order chi connectivity index (χ1) is 14.7. The second kappa shape index (κ2) is 6.87. The summed E-state index contributed by atoms with van der Waals surface area (Å²) in [5, 5.41) is 31.7. The number of carbonyl (C=O) groups excluding carboxylic acids is 2. The van der Waals surface area contributed by atoms with Gasteiger partial charge >= 0.3 is 5.97 Å². The molecule has 2 aliphatic carbocycles. The number of hydrogen-bond acceptors (Lipinski definition) is 8. The quantitative estimate of drug-likeness (QED) is 0.574. The average molecular weight is 429 g/mol. The Balaban J connectivity index is 1.59. The summed E-state index contributed by atoms with van der Waals surface area (Å²) in [7, 11) is 2.01. The molecule has 2 bridgehead atoms. The van der Waals surface area contributed by atoms with Gasteiger partial charge in [-0.1, -0.05) is 12.1 Å². The number of ether oxygens (including phenoxy) is 2. The SMILES string of the molecule is CC(=O)[C@H](O)CC(=O)OC1=CC[C@@]2(O)[C@H]3Cc4ccc(CO)c5c4[C@@]2(CCN3C)[C@H]1O5. The topological polar surface area (TPSA) is 117 Å². The third-order valence-electron chi connectivity index (χ3n) is 7.69. The minimum absolute atomic E-state index is 0.112. The number of aliphatic hydroxyl groups is 3. The van der Waals surface area contributed by atoms with E-state index in [1.165, 1.54) is 6.92 Å². The molecule has 1 aromatic carbocycles. The first-order valence-electron chi connectivity index (χ1n) is 10.7. The molecule has 2 aliphatic heterocycles. The number of carbonyl (C=O) groups is 2. The van der Waals surface area contributed by atoms with Gasteiger partial charge in [-0.2, -0.15) is 0 Å². The second-order valence-corrected chi connectivity index (χ2v) is 9.21. The van der Waals surface area contributed by atoms with Gasteiger partial charge in [0.05, 0.1) is 24.0 Å². The molecule has 31 heavy (non-hydrogen) atoms. The molecule has 8 nitrogen and oxygen atoms in total. The van der Waals surface area contributed by atoms with E-state index in [0.717, 1.165) is 17.7 Å². The summed E-state index contributed by atoms with van der Waals surface area (Å²) in [6, 6.07) is 3.73. The fraction of sp³-hybridized carbons (Fsp3) is 0.565. The molecule has 166 valence electrons. The lowest BCUT2D eigenvalue weighted by Crippen LogP contribution is -2.74. The summed E-state index contributed by atoms with van der Waals surface area (Å²) < 4.78 is 12.0. The lowest BCUT2D eigenvalue weighted by Gasteiger charge is -2.61. The molecule has 0 radical (unpaired) electrons. The molecule has 0 amide bonds. The predicted octanol–water partition coefficient (Wildman–Crippen LogP) is 0.340. The molecule has 2 heterocycles. The molecule has 0 saturated carbocycles. The predicted molar refractivity (Wildman–Crippen MR) is 108 cm³/mol. The van der Waals surface area contributed by atoms with Gasteiger partial charge in [-0.15, -0.1) is 0 Å². The molecule has 1 fully saturated rings. The molecule has 1 aromatic rings. The smallest absolute Gasteiger partial charge is 0.314 e. The van der Waals surface area contributed by atoms with Crippen LogP contribution in [0.25, 0.3) is 0 Å². The van der Waals surface area contributed by atoms with Crippen molar-refractivity contribution in [2.45, 2.75) is 68.5 Å². The number of aliphatic hydroxyl groups excluding tert-OH is 2. The third-order valence-corrected chi connectivity index (χ3v) is 7.69. The van der Waals surface area contributed by atoms with Gasteiger partial charge < -0.3 is 29.7 Å². The number of esters is 1. The van der Waals surface area contributed by atoms with Gasteiger partial charge in [0.1, 0.15) is 17.6 Å². The molecule has 1 saturated heterocycles. The highest BCUT2D eigenvalue weighted by atomic mass is 16.6. The summed E-state index contributed by atoms with van der Waals surface area (Å²) in [6.07, 6.45) is 0.700. The Labute approximate surface area is 180 Å². The van der Waals surface area contributed by atoms with Gasteiger partial charge in [-0.3, -0.25) is 9.59 Å². The summed E-state index contributed by atoms with van der Waals surface area (Å²) in [5.74, 6) is -0.367. The van der Waals surface area contributed by atoms with Crippen molar-refractivity contribution in [3.05, 3.63) is 40.7 Å². The van der Waals surface area contributed by atoms with E-state index in [4.69, 9.17) is 9.47 Å². The van der Waals surface area contributed by atoms with Crippen LogP contribution >= 0.6 is 0 Å². The summed E-state index contributed by atoms with van der Waals surface area (Å²) in [4.78, 5) is 25.9. The third kappa shape index (κ3) is 2.62. The van der Waals surface area contributed by atoms with E-state index in [9.17, 15) is 24.9 Å². The summed E-state index contributed by atoms with van der Waals surface area (Å²) in [5.41, 5.74) is 0.741. The maximum atomic E-state index is 12.4. The Morgan fingerprint density at radius 1 is 1.39 bits per heavy atom. The Kier molecular flexibility index (Phi) is 4.57. The Morgan fingerprint density at radius 3 is 2.87 bits per heavy atom. The van der Waals surface area contributed by atoms with Crippen molar-refractivity contribution in [3.8, 4) is 5.75 Å². The summed E-state index contributed by atoms with van der Waals surface area (Å²) in [6.45, 7) is 1.77. The van der Waals surface area contributed by atoms with Crippen molar-refractivity contribution in [3.63, 3.8) is 0 Å². The molecular weight excluding hydrogens is 402 g/mol. The molecule has 1 spiro atoms. The zero-order valence-corrected chi connectivity index (χ0v) is 17.6. The maximum absolute atomic E-state index is 12.4. The van der Waals surface area contributed by atoms with Crippen molar-refractivity contribution in [2.24, 2.45) is 0 Å². The highest BCUT2D eigenvalue weighted by Crippen LogP contribution is 2.64. The van der Waals surface area contributed by atoms with Crippen LogP contribution in [0.15, 0.2) is 24.0 Å². The number of benzene rings is 1. The molecule has 5 rings (SSSR count). The van der Waals surface area contributed by atoms with Crippen LogP contribution in [-0.2, 0) is 32.8 Å². The molecule has 0 unspecified atom stereocenters. The van der Waals surface area contributed by atoms with Crippen LogP contribution in [0.1, 0.15) is 42.9 Å². The van der Waals surface area contributed by atoms with E-state index in [1.54, 1.807) is 6.08 Å². The van der Waals surface area contributed by atoms with Crippen LogP contribution in [-0.4, -0.2) is 69.4 Å². The van der Waals surface area contributed by atoms with Gasteiger partial charge in [0.2, 0.25) is 0 Å². The standard InChI is InChI=1S/C23H27NO7/c1-12(26)15(27)10-18(28)30-16-5-6-23(29)17-9-13-3-4-14(11-25)20-19(13)22(23,21(16)31-20)7-8-24(17)2/h3-5,15,17,21,25,27,29H,6-11H2,1-2H3/t15-,17-,21+,22+,23-/m1/s1. The Morgan fingerprint density at radius 2 is 2.16 bits per heavy atom. The molecule has 3 N–H and O–H groups in total. The second-order valence-electron chi connectivity index (χ2n) is 9.21.